The zero-order valence-corrected chi connectivity index (χ0v) is 14.3. The first-order valence-corrected chi connectivity index (χ1v) is 7.17. The summed E-state index contributed by atoms with van der Waals surface area (Å²) >= 11 is 5.68. The number of hydrogen-bond acceptors (Lipinski definition) is 4. The molecule has 2 aromatic carbocycles. The molecular formula is C13H10ClNaO4S. The summed E-state index contributed by atoms with van der Waals surface area (Å²) in [5.74, 6) is 0.00301. The average Bonchev–Trinajstić information content (AvgIpc) is 2.37. The molecule has 0 aliphatic carbocycles. The molecule has 0 aromatic heterocycles. The van der Waals surface area contributed by atoms with Crippen LogP contribution in [0.5, 0.6) is 5.75 Å². The second kappa shape index (κ2) is 7.45. The fourth-order valence-electron chi connectivity index (χ4n) is 1.53. The predicted octanol–water partition coefficient (Wildman–Crippen LogP) is -0.173. The van der Waals surface area contributed by atoms with E-state index in [-0.39, 0.29) is 46.9 Å². The van der Waals surface area contributed by atoms with Gasteiger partial charge in [0.1, 0.15) is 22.5 Å². The molecule has 0 heterocycles. The summed E-state index contributed by atoms with van der Waals surface area (Å²) in [4.78, 5) is -0.448. The molecular weight excluding hydrogens is 311 g/mol. The average molecular weight is 321 g/mol. The molecule has 0 aliphatic rings. The van der Waals surface area contributed by atoms with Crippen LogP contribution in [-0.4, -0.2) is 13.0 Å². The van der Waals surface area contributed by atoms with E-state index in [4.69, 9.17) is 16.3 Å². The van der Waals surface area contributed by atoms with Crippen molar-refractivity contribution in [1.29, 1.82) is 0 Å². The Morgan fingerprint density at radius 1 is 1.10 bits per heavy atom. The van der Waals surface area contributed by atoms with Crippen molar-refractivity contribution in [3.8, 4) is 5.75 Å². The molecule has 0 aliphatic heterocycles. The second-order valence-electron chi connectivity index (χ2n) is 3.82. The van der Waals surface area contributed by atoms with Crippen molar-refractivity contribution < 1.29 is 47.3 Å². The van der Waals surface area contributed by atoms with Crippen molar-refractivity contribution >= 4 is 21.7 Å². The van der Waals surface area contributed by atoms with E-state index < -0.39 is 15.0 Å². The largest absolute Gasteiger partial charge is 1.00 e. The van der Waals surface area contributed by atoms with Gasteiger partial charge in [0, 0.05) is 5.02 Å². The minimum absolute atomic E-state index is 0. The summed E-state index contributed by atoms with van der Waals surface area (Å²) in [6.07, 6.45) is 0. The van der Waals surface area contributed by atoms with Gasteiger partial charge < -0.3 is 9.29 Å². The molecule has 2 rings (SSSR count). The van der Waals surface area contributed by atoms with Crippen LogP contribution in [0, 0.1) is 0 Å². The third-order valence-electron chi connectivity index (χ3n) is 2.41. The number of benzene rings is 2. The Morgan fingerprint density at radius 3 is 2.35 bits per heavy atom. The standard InChI is InChI=1S/C13H11ClO4S.Na/c14-11-6-7-12(13(8-11)19(15,16)17)18-9-10-4-2-1-3-5-10;/h1-8H,9H2,(H,15,16,17);/q;+1/p-1. The maximum atomic E-state index is 11.1. The summed E-state index contributed by atoms with van der Waals surface area (Å²) in [5.41, 5.74) is 0.867. The normalized spacial score (nSPS) is 10.7. The van der Waals surface area contributed by atoms with Crippen LogP contribution in [0.1, 0.15) is 5.56 Å². The van der Waals surface area contributed by atoms with Crippen LogP contribution >= 0.6 is 11.6 Å². The van der Waals surface area contributed by atoms with Crippen LogP contribution in [-0.2, 0) is 16.7 Å². The summed E-state index contributed by atoms with van der Waals surface area (Å²) in [5, 5.41) is 0.168. The van der Waals surface area contributed by atoms with E-state index in [0.717, 1.165) is 11.6 Å². The first-order chi connectivity index (χ1) is 8.97. The molecule has 2 aromatic rings. The third-order valence-corrected chi connectivity index (χ3v) is 3.51. The van der Waals surface area contributed by atoms with Crippen molar-refractivity contribution in [3.63, 3.8) is 0 Å². The van der Waals surface area contributed by atoms with Gasteiger partial charge in [-0.25, -0.2) is 8.42 Å². The van der Waals surface area contributed by atoms with Gasteiger partial charge in [-0.05, 0) is 23.8 Å². The summed E-state index contributed by atoms with van der Waals surface area (Å²) < 4.78 is 38.7. The van der Waals surface area contributed by atoms with E-state index in [0.29, 0.717) is 0 Å². The molecule has 20 heavy (non-hydrogen) atoms. The van der Waals surface area contributed by atoms with E-state index in [1.54, 1.807) is 0 Å². The Balaban J connectivity index is 0.00000200. The smallest absolute Gasteiger partial charge is 0.744 e. The molecule has 0 spiro atoms. The SMILES string of the molecule is O=S(=O)([O-])c1cc(Cl)ccc1OCc1ccccc1.[Na+]. The van der Waals surface area contributed by atoms with Crippen molar-refractivity contribution in [3.05, 3.63) is 59.1 Å². The predicted molar refractivity (Wildman–Crippen MR) is 70.2 cm³/mol. The second-order valence-corrected chi connectivity index (χ2v) is 5.60. The van der Waals surface area contributed by atoms with Gasteiger partial charge in [-0.3, -0.25) is 0 Å². The quantitative estimate of drug-likeness (QED) is 0.579. The monoisotopic (exact) mass is 320 g/mol. The zero-order valence-electron chi connectivity index (χ0n) is 10.7. The molecule has 0 saturated carbocycles. The molecule has 4 nitrogen and oxygen atoms in total. The summed E-state index contributed by atoms with van der Waals surface area (Å²) in [6.45, 7) is 0.172. The summed E-state index contributed by atoms with van der Waals surface area (Å²) in [6, 6.07) is 13.1. The van der Waals surface area contributed by atoms with Gasteiger partial charge in [0.05, 0.1) is 4.90 Å². The molecule has 0 radical (unpaired) electrons. The molecule has 0 bridgehead atoms. The maximum Gasteiger partial charge on any atom is 1.00 e. The number of hydrogen-bond donors (Lipinski definition) is 0. The number of halogens is 1. The molecule has 0 amide bonds. The van der Waals surface area contributed by atoms with E-state index in [1.165, 1.54) is 12.1 Å². The Bertz CT molecular complexity index is 674. The van der Waals surface area contributed by atoms with E-state index >= 15 is 0 Å². The van der Waals surface area contributed by atoms with Crippen LogP contribution in [0.2, 0.25) is 5.02 Å². The molecule has 7 heteroatoms. The van der Waals surface area contributed by atoms with Gasteiger partial charge in [-0.15, -0.1) is 0 Å². The zero-order chi connectivity index (χ0) is 13.9. The van der Waals surface area contributed by atoms with E-state index in [2.05, 4.69) is 0 Å². The maximum absolute atomic E-state index is 11.1. The van der Waals surface area contributed by atoms with Crippen molar-refractivity contribution in [2.24, 2.45) is 0 Å². The molecule has 100 valence electrons. The van der Waals surface area contributed by atoms with Crippen molar-refractivity contribution in [2.45, 2.75) is 11.5 Å². The fraction of sp³-hybridized carbons (Fsp3) is 0.0769. The Kier molecular flexibility index (Phi) is 6.51. The van der Waals surface area contributed by atoms with Crippen LogP contribution < -0.4 is 34.3 Å². The van der Waals surface area contributed by atoms with Crippen molar-refractivity contribution in [2.75, 3.05) is 0 Å². The Morgan fingerprint density at radius 2 is 1.75 bits per heavy atom. The molecule has 0 atom stereocenters. The summed E-state index contributed by atoms with van der Waals surface area (Å²) in [7, 11) is -4.62. The van der Waals surface area contributed by atoms with E-state index in [1.807, 2.05) is 30.3 Å². The van der Waals surface area contributed by atoms with Crippen LogP contribution in [0.3, 0.4) is 0 Å². The molecule has 0 saturated heterocycles. The van der Waals surface area contributed by atoms with Gasteiger partial charge in [-0.1, -0.05) is 41.9 Å². The Labute approximate surface area is 144 Å². The van der Waals surface area contributed by atoms with Gasteiger partial charge in [0.15, 0.2) is 0 Å². The van der Waals surface area contributed by atoms with Gasteiger partial charge in [0.25, 0.3) is 0 Å². The molecule has 0 unspecified atom stereocenters. The van der Waals surface area contributed by atoms with Crippen LogP contribution in [0.15, 0.2) is 53.4 Å². The minimum Gasteiger partial charge on any atom is -0.744 e. The first kappa shape index (κ1) is 17.5. The van der Waals surface area contributed by atoms with Gasteiger partial charge in [0.2, 0.25) is 0 Å². The first-order valence-electron chi connectivity index (χ1n) is 5.39. The third kappa shape index (κ3) is 4.77. The number of ether oxygens (including phenoxy) is 1. The van der Waals surface area contributed by atoms with Crippen LogP contribution in [0.25, 0.3) is 0 Å². The van der Waals surface area contributed by atoms with Gasteiger partial charge in [-0.2, -0.15) is 0 Å². The Hall–Kier alpha value is -0.560. The number of rotatable bonds is 4. The van der Waals surface area contributed by atoms with E-state index in [9.17, 15) is 13.0 Å². The van der Waals surface area contributed by atoms with Gasteiger partial charge >= 0.3 is 29.6 Å². The molecule has 0 N–H and O–H groups in total. The fourth-order valence-corrected chi connectivity index (χ4v) is 2.41. The van der Waals surface area contributed by atoms with Crippen LogP contribution in [0.4, 0.5) is 0 Å². The van der Waals surface area contributed by atoms with Crippen molar-refractivity contribution in [1.82, 2.24) is 0 Å². The molecule has 0 fully saturated rings. The minimum atomic E-state index is -4.62. The topological polar surface area (TPSA) is 66.4 Å².